The molecule has 0 radical (unpaired) electrons. The predicted molar refractivity (Wildman–Crippen MR) is 210 cm³/mol. The molecule has 8 aromatic rings. The molecule has 0 unspecified atom stereocenters. The van der Waals surface area contributed by atoms with Gasteiger partial charge < -0.3 is 0 Å². The summed E-state index contributed by atoms with van der Waals surface area (Å²) in [5.74, 6) is 0. The van der Waals surface area contributed by atoms with Crippen molar-refractivity contribution in [2.75, 3.05) is 0 Å². The maximum Gasteiger partial charge on any atom is 0.0900 e. The van der Waals surface area contributed by atoms with Crippen molar-refractivity contribution in [2.24, 2.45) is 0 Å². The molecule has 3 heteroatoms. The normalized spacial score (nSPS) is 12.7. The fraction of sp³-hybridized carbons (Fsp3) is 0.0625. The molecule has 3 nitrogen and oxygen atoms in total. The summed E-state index contributed by atoms with van der Waals surface area (Å²) in [5.41, 5.74) is 18.1. The summed E-state index contributed by atoms with van der Waals surface area (Å²) in [7, 11) is 0. The van der Waals surface area contributed by atoms with E-state index >= 15 is 0 Å². The smallest absolute Gasteiger partial charge is 0.0900 e. The van der Waals surface area contributed by atoms with Crippen LogP contribution in [0.25, 0.3) is 78.4 Å². The van der Waals surface area contributed by atoms with Gasteiger partial charge in [0.2, 0.25) is 0 Å². The van der Waals surface area contributed by atoms with Gasteiger partial charge in [0.05, 0.1) is 22.8 Å². The Labute approximate surface area is 299 Å². The molecular formula is C48H35N3. The molecule has 0 fully saturated rings. The van der Waals surface area contributed by atoms with Gasteiger partial charge in [-0.1, -0.05) is 141 Å². The Kier molecular flexibility index (Phi) is 7.48. The van der Waals surface area contributed by atoms with Gasteiger partial charge in [0, 0.05) is 23.4 Å². The highest BCUT2D eigenvalue weighted by molar-refractivity contribution is 5.85. The van der Waals surface area contributed by atoms with Crippen molar-refractivity contribution < 1.29 is 0 Å². The maximum atomic E-state index is 4.98. The minimum Gasteiger partial charge on any atom is -0.255 e. The Bertz CT molecular complexity index is 2440. The molecule has 0 saturated carbocycles. The molecule has 5 aromatic carbocycles. The summed E-state index contributed by atoms with van der Waals surface area (Å²) in [6, 6.07) is 58.1. The first kappa shape index (κ1) is 30.6. The minimum absolute atomic E-state index is 0.0226. The zero-order valence-corrected chi connectivity index (χ0v) is 28.6. The highest BCUT2D eigenvalue weighted by Crippen LogP contribution is 2.49. The maximum absolute atomic E-state index is 4.98. The SMILES string of the molecule is CC1(C)c2ccccc2-c2cc(-c3ccc(-c4ccc(-c5ccc(-c6cc(-c7ccccc7)cc(-c7ccccn7)n6)nc5)cc4)cc3)ccc21. The molecule has 0 spiro atoms. The zero-order chi connectivity index (χ0) is 34.4. The summed E-state index contributed by atoms with van der Waals surface area (Å²) in [6.45, 7) is 4.65. The van der Waals surface area contributed by atoms with Crippen LogP contribution in [0.15, 0.2) is 176 Å². The highest BCUT2D eigenvalue weighted by atomic mass is 14.8. The number of benzene rings is 5. The third-order valence-electron chi connectivity index (χ3n) is 10.2. The van der Waals surface area contributed by atoms with Crippen molar-refractivity contribution in [3.63, 3.8) is 0 Å². The Morgan fingerprint density at radius 3 is 1.53 bits per heavy atom. The topological polar surface area (TPSA) is 38.7 Å². The Morgan fingerprint density at radius 1 is 0.353 bits per heavy atom. The number of aromatic nitrogens is 3. The van der Waals surface area contributed by atoms with E-state index in [1.807, 2.05) is 30.5 Å². The third-order valence-corrected chi connectivity index (χ3v) is 10.2. The number of hydrogen-bond acceptors (Lipinski definition) is 3. The molecule has 1 aliphatic carbocycles. The van der Waals surface area contributed by atoms with E-state index in [1.54, 1.807) is 6.20 Å². The van der Waals surface area contributed by atoms with Gasteiger partial charge in [-0.05, 0) is 97.6 Å². The van der Waals surface area contributed by atoms with Crippen molar-refractivity contribution in [1.29, 1.82) is 0 Å². The summed E-state index contributed by atoms with van der Waals surface area (Å²) < 4.78 is 0. The highest BCUT2D eigenvalue weighted by Gasteiger charge is 2.35. The van der Waals surface area contributed by atoms with Crippen LogP contribution in [0.2, 0.25) is 0 Å². The van der Waals surface area contributed by atoms with Crippen LogP contribution in [-0.4, -0.2) is 15.0 Å². The van der Waals surface area contributed by atoms with Gasteiger partial charge in [-0.3, -0.25) is 9.97 Å². The molecule has 0 atom stereocenters. The lowest BCUT2D eigenvalue weighted by Crippen LogP contribution is -2.14. The predicted octanol–water partition coefficient (Wildman–Crippen LogP) is 12.2. The van der Waals surface area contributed by atoms with E-state index in [0.29, 0.717) is 0 Å². The van der Waals surface area contributed by atoms with Gasteiger partial charge in [-0.2, -0.15) is 0 Å². The quantitative estimate of drug-likeness (QED) is 0.179. The van der Waals surface area contributed by atoms with Gasteiger partial charge in [0.15, 0.2) is 0 Å². The van der Waals surface area contributed by atoms with Crippen molar-refractivity contribution in [1.82, 2.24) is 15.0 Å². The number of hydrogen-bond donors (Lipinski definition) is 0. The lowest BCUT2D eigenvalue weighted by molar-refractivity contribution is 0.660. The first-order valence-electron chi connectivity index (χ1n) is 17.4. The monoisotopic (exact) mass is 653 g/mol. The van der Waals surface area contributed by atoms with Gasteiger partial charge in [0.1, 0.15) is 0 Å². The average Bonchev–Trinajstić information content (AvgIpc) is 3.44. The molecule has 51 heavy (non-hydrogen) atoms. The van der Waals surface area contributed by atoms with E-state index in [4.69, 9.17) is 9.97 Å². The van der Waals surface area contributed by atoms with Crippen LogP contribution in [0, 0.1) is 0 Å². The van der Waals surface area contributed by atoms with Crippen LogP contribution >= 0.6 is 0 Å². The van der Waals surface area contributed by atoms with E-state index < -0.39 is 0 Å². The van der Waals surface area contributed by atoms with E-state index in [0.717, 1.165) is 45.0 Å². The summed E-state index contributed by atoms with van der Waals surface area (Å²) in [5, 5.41) is 0. The first-order chi connectivity index (χ1) is 25.0. The molecule has 1 aliphatic rings. The fourth-order valence-corrected chi connectivity index (χ4v) is 7.43. The Balaban J connectivity index is 0.956. The van der Waals surface area contributed by atoms with Gasteiger partial charge in [0.25, 0.3) is 0 Å². The third kappa shape index (κ3) is 5.63. The van der Waals surface area contributed by atoms with Gasteiger partial charge in [-0.25, -0.2) is 4.98 Å². The summed E-state index contributed by atoms with van der Waals surface area (Å²) in [6.07, 6.45) is 3.74. The molecule has 0 amide bonds. The second kappa shape index (κ2) is 12.5. The standard InChI is InChI=1S/C48H35N3/c1-48(2)42-13-7-6-12-40(42)41-28-37(23-25-43(41)48)35-19-15-33(16-20-35)34-17-21-36(22-18-34)38-24-26-45(50-31-38)47-30-39(32-10-4-3-5-11-32)29-46(51-47)44-14-8-9-27-49-44/h3-31H,1-2H3. The number of fused-ring (bicyclic) bond motifs is 3. The lowest BCUT2D eigenvalue weighted by Gasteiger charge is -2.21. The van der Waals surface area contributed by atoms with E-state index in [1.165, 1.54) is 44.5 Å². The van der Waals surface area contributed by atoms with Crippen molar-refractivity contribution in [2.45, 2.75) is 19.3 Å². The van der Waals surface area contributed by atoms with Crippen LogP contribution in [0.3, 0.4) is 0 Å². The van der Waals surface area contributed by atoms with E-state index in [2.05, 4.69) is 158 Å². The molecule has 3 heterocycles. The largest absolute Gasteiger partial charge is 0.255 e. The fourth-order valence-electron chi connectivity index (χ4n) is 7.43. The van der Waals surface area contributed by atoms with Crippen LogP contribution in [0.5, 0.6) is 0 Å². The number of rotatable bonds is 6. The van der Waals surface area contributed by atoms with Crippen molar-refractivity contribution in [3.8, 4) is 78.4 Å². The zero-order valence-electron chi connectivity index (χ0n) is 28.6. The second-order valence-electron chi connectivity index (χ2n) is 13.7. The molecule has 0 aliphatic heterocycles. The van der Waals surface area contributed by atoms with Crippen LogP contribution < -0.4 is 0 Å². The van der Waals surface area contributed by atoms with E-state index in [9.17, 15) is 0 Å². The van der Waals surface area contributed by atoms with E-state index in [-0.39, 0.29) is 5.41 Å². The Morgan fingerprint density at radius 2 is 0.882 bits per heavy atom. The molecule has 3 aromatic heterocycles. The van der Waals surface area contributed by atoms with Crippen LogP contribution in [0.1, 0.15) is 25.0 Å². The molecule has 0 saturated heterocycles. The minimum atomic E-state index is 0.0226. The lowest BCUT2D eigenvalue weighted by atomic mass is 9.82. The molecule has 9 rings (SSSR count). The molecule has 0 N–H and O–H groups in total. The molecule has 0 bridgehead atoms. The molecule has 242 valence electrons. The summed E-state index contributed by atoms with van der Waals surface area (Å²) in [4.78, 5) is 14.4. The number of pyridine rings is 3. The first-order valence-corrected chi connectivity index (χ1v) is 17.4. The van der Waals surface area contributed by atoms with Crippen LogP contribution in [0.4, 0.5) is 0 Å². The van der Waals surface area contributed by atoms with Gasteiger partial charge in [-0.15, -0.1) is 0 Å². The average molecular weight is 654 g/mol. The second-order valence-corrected chi connectivity index (χ2v) is 13.7. The van der Waals surface area contributed by atoms with Gasteiger partial charge >= 0.3 is 0 Å². The Hall–Kier alpha value is -6.45. The number of nitrogens with zero attached hydrogens (tertiary/aromatic N) is 3. The summed E-state index contributed by atoms with van der Waals surface area (Å²) >= 11 is 0. The van der Waals surface area contributed by atoms with Crippen molar-refractivity contribution in [3.05, 3.63) is 187 Å². The van der Waals surface area contributed by atoms with Crippen LogP contribution in [-0.2, 0) is 5.41 Å². The molecular weight excluding hydrogens is 619 g/mol. The van der Waals surface area contributed by atoms with Crippen molar-refractivity contribution >= 4 is 0 Å².